The molecule has 0 aliphatic rings. The lowest BCUT2D eigenvalue weighted by atomic mass is 10.1. The van der Waals surface area contributed by atoms with E-state index in [0.717, 1.165) is 15.7 Å². The van der Waals surface area contributed by atoms with Gasteiger partial charge in [0, 0.05) is 16.2 Å². The number of phenols is 1. The van der Waals surface area contributed by atoms with Crippen LogP contribution in [0.5, 0.6) is 5.75 Å². The molecule has 0 heterocycles. The Morgan fingerprint density at radius 1 is 1.17 bits per heavy atom. The Labute approximate surface area is 116 Å². The number of phenolic OH excluding ortho intramolecular Hbond substituents is 1. The van der Waals surface area contributed by atoms with Gasteiger partial charge in [-0.3, -0.25) is 0 Å². The molecule has 1 unspecified atom stereocenters. The molecule has 0 amide bonds. The van der Waals surface area contributed by atoms with Crippen LogP contribution in [0.3, 0.4) is 0 Å². The van der Waals surface area contributed by atoms with E-state index in [0.29, 0.717) is 5.75 Å². The molecule has 0 bridgehead atoms. The maximum absolute atomic E-state index is 9.49. The molecule has 94 valence electrons. The molecule has 3 heteroatoms. The highest BCUT2D eigenvalue weighted by molar-refractivity contribution is 9.10. The van der Waals surface area contributed by atoms with Crippen molar-refractivity contribution in [3.05, 3.63) is 58.1 Å². The van der Waals surface area contributed by atoms with Crippen molar-refractivity contribution in [1.29, 1.82) is 0 Å². The van der Waals surface area contributed by atoms with Gasteiger partial charge in [-0.05, 0) is 49.2 Å². The highest BCUT2D eigenvalue weighted by atomic mass is 79.9. The average Bonchev–Trinajstić information content (AvgIpc) is 2.34. The highest BCUT2D eigenvalue weighted by Crippen LogP contribution is 2.26. The summed E-state index contributed by atoms with van der Waals surface area (Å²) in [6.45, 7) is 4.15. The summed E-state index contributed by atoms with van der Waals surface area (Å²) < 4.78 is 1.05. The van der Waals surface area contributed by atoms with Crippen LogP contribution in [0.4, 0.5) is 5.69 Å². The summed E-state index contributed by atoms with van der Waals surface area (Å²) in [5.74, 6) is 0.298. The van der Waals surface area contributed by atoms with E-state index >= 15 is 0 Å². The molecule has 0 saturated carbocycles. The van der Waals surface area contributed by atoms with Crippen molar-refractivity contribution < 1.29 is 5.11 Å². The third-order valence-electron chi connectivity index (χ3n) is 2.94. The monoisotopic (exact) mass is 305 g/mol. The van der Waals surface area contributed by atoms with E-state index in [1.807, 2.05) is 18.2 Å². The van der Waals surface area contributed by atoms with E-state index in [2.05, 4.69) is 47.2 Å². The molecule has 2 aromatic carbocycles. The van der Waals surface area contributed by atoms with Gasteiger partial charge >= 0.3 is 0 Å². The predicted molar refractivity (Wildman–Crippen MR) is 79.0 cm³/mol. The van der Waals surface area contributed by atoms with Gasteiger partial charge in [0.15, 0.2) is 0 Å². The smallest absolute Gasteiger partial charge is 0.115 e. The molecular weight excluding hydrogens is 290 g/mol. The second-order valence-corrected chi connectivity index (χ2v) is 5.34. The fourth-order valence-electron chi connectivity index (χ4n) is 1.86. The maximum atomic E-state index is 9.49. The molecule has 0 fully saturated rings. The quantitative estimate of drug-likeness (QED) is 0.866. The van der Waals surface area contributed by atoms with Crippen LogP contribution in [0.25, 0.3) is 0 Å². The number of nitrogens with one attached hydrogen (secondary N) is 1. The zero-order valence-electron chi connectivity index (χ0n) is 10.4. The van der Waals surface area contributed by atoms with Gasteiger partial charge in [0.05, 0.1) is 0 Å². The topological polar surface area (TPSA) is 32.3 Å². The van der Waals surface area contributed by atoms with Crippen molar-refractivity contribution in [3.8, 4) is 5.75 Å². The number of aromatic hydroxyl groups is 1. The lowest BCUT2D eigenvalue weighted by molar-refractivity contribution is 0.474. The average molecular weight is 306 g/mol. The minimum atomic E-state index is 0.144. The summed E-state index contributed by atoms with van der Waals surface area (Å²) in [6.07, 6.45) is 0. The van der Waals surface area contributed by atoms with E-state index in [-0.39, 0.29) is 6.04 Å². The lowest BCUT2D eigenvalue weighted by Crippen LogP contribution is -2.07. The van der Waals surface area contributed by atoms with E-state index in [9.17, 15) is 5.11 Å². The van der Waals surface area contributed by atoms with Crippen LogP contribution in [0.2, 0.25) is 0 Å². The van der Waals surface area contributed by atoms with Crippen LogP contribution in [-0.2, 0) is 0 Å². The number of hydrogen-bond acceptors (Lipinski definition) is 2. The second-order valence-electron chi connectivity index (χ2n) is 4.42. The highest BCUT2D eigenvalue weighted by Gasteiger charge is 2.07. The third kappa shape index (κ3) is 3.05. The van der Waals surface area contributed by atoms with Crippen LogP contribution >= 0.6 is 15.9 Å². The molecule has 2 aromatic rings. The van der Waals surface area contributed by atoms with Crippen molar-refractivity contribution in [3.63, 3.8) is 0 Å². The molecule has 0 spiro atoms. The fourth-order valence-corrected chi connectivity index (χ4v) is 2.22. The maximum Gasteiger partial charge on any atom is 0.115 e. The number of anilines is 1. The summed E-state index contributed by atoms with van der Waals surface area (Å²) in [7, 11) is 0. The molecule has 2 rings (SSSR count). The molecule has 0 radical (unpaired) electrons. The van der Waals surface area contributed by atoms with E-state index in [1.165, 1.54) is 5.56 Å². The molecule has 0 aliphatic carbocycles. The Bertz CT molecular complexity index is 554. The summed E-state index contributed by atoms with van der Waals surface area (Å²) in [5, 5.41) is 12.9. The lowest BCUT2D eigenvalue weighted by Gasteiger charge is -2.18. The second kappa shape index (κ2) is 5.44. The molecule has 18 heavy (non-hydrogen) atoms. The van der Waals surface area contributed by atoms with Crippen molar-refractivity contribution >= 4 is 21.6 Å². The number of benzene rings is 2. The Balaban J connectivity index is 2.21. The van der Waals surface area contributed by atoms with Crippen LogP contribution in [0.15, 0.2) is 46.9 Å². The Kier molecular flexibility index (Phi) is 3.92. The van der Waals surface area contributed by atoms with Crippen molar-refractivity contribution in [2.45, 2.75) is 19.9 Å². The number of rotatable bonds is 3. The Morgan fingerprint density at radius 3 is 2.67 bits per heavy atom. The van der Waals surface area contributed by atoms with Crippen molar-refractivity contribution in [1.82, 2.24) is 0 Å². The Morgan fingerprint density at radius 2 is 1.94 bits per heavy atom. The summed E-state index contributed by atoms with van der Waals surface area (Å²) in [6, 6.07) is 13.6. The first-order valence-electron chi connectivity index (χ1n) is 5.88. The van der Waals surface area contributed by atoms with Gasteiger partial charge < -0.3 is 10.4 Å². The fraction of sp³-hybridized carbons (Fsp3) is 0.200. The van der Waals surface area contributed by atoms with Crippen LogP contribution in [-0.4, -0.2) is 5.11 Å². The Hall–Kier alpha value is -1.48. The van der Waals surface area contributed by atoms with Gasteiger partial charge in [-0.25, -0.2) is 0 Å². The molecule has 1 atom stereocenters. The summed E-state index contributed by atoms with van der Waals surface area (Å²) in [4.78, 5) is 0. The number of aryl methyl sites for hydroxylation is 1. The zero-order valence-corrected chi connectivity index (χ0v) is 12.0. The first kappa shape index (κ1) is 13.0. The van der Waals surface area contributed by atoms with Gasteiger partial charge in [-0.2, -0.15) is 0 Å². The number of hydrogen-bond donors (Lipinski definition) is 2. The van der Waals surface area contributed by atoms with E-state index in [1.54, 1.807) is 12.1 Å². The van der Waals surface area contributed by atoms with Gasteiger partial charge in [0.1, 0.15) is 5.75 Å². The molecule has 0 aromatic heterocycles. The molecule has 0 aliphatic heterocycles. The van der Waals surface area contributed by atoms with E-state index in [4.69, 9.17) is 0 Å². The van der Waals surface area contributed by atoms with Crippen molar-refractivity contribution in [2.75, 3.05) is 5.32 Å². The van der Waals surface area contributed by atoms with Gasteiger partial charge in [0.2, 0.25) is 0 Å². The normalized spacial score (nSPS) is 12.2. The SMILES string of the molecule is Cc1ccc(Br)cc1NC(C)c1cccc(O)c1. The minimum absolute atomic E-state index is 0.144. The first-order valence-corrected chi connectivity index (χ1v) is 6.67. The van der Waals surface area contributed by atoms with E-state index < -0.39 is 0 Å². The third-order valence-corrected chi connectivity index (χ3v) is 3.44. The molecular formula is C15H16BrNO. The standard InChI is InChI=1S/C15H16BrNO/c1-10-6-7-13(16)9-15(10)17-11(2)12-4-3-5-14(18)8-12/h3-9,11,17-18H,1-2H3. The number of halogens is 1. The molecule has 0 saturated heterocycles. The first-order chi connectivity index (χ1) is 8.56. The van der Waals surface area contributed by atoms with Crippen molar-refractivity contribution in [2.24, 2.45) is 0 Å². The van der Waals surface area contributed by atoms with Crippen LogP contribution in [0.1, 0.15) is 24.1 Å². The van der Waals surface area contributed by atoms with Gasteiger partial charge in [-0.1, -0.05) is 34.1 Å². The molecule has 2 N–H and O–H groups in total. The van der Waals surface area contributed by atoms with Crippen LogP contribution in [0, 0.1) is 6.92 Å². The zero-order chi connectivity index (χ0) is 13.1. The molecule has 2 nitrogen and oxygen atoms in total. The largest absolute Gasteiger partial charge is 0.508 e. The minimum Gasteiger partial charge on any atom is -0.508 e. The summed E-state index contributed by atoms with van der Waals surface area (Å²) >= 11 is 3.47. The van der Waals surface area contributed by atoms with Gasteiger partial charge in [-0.15, -0.1) is 0 Å². The van der Waals surface area contributed by atoms with Gasteiger partial charge in [0.25, 0.3) is 0 Å². The van der Waals surface area contributed by atoms with Crippen LogP contribution < -0.4 is 5.32 Å². The summed E-state index contributed by atoms with van der Waals surface area (Å²) in [5.41, 5.74) is 3.36. The predicted octanol–water partition coefficient (Wildman–Crippen LogP) is 4.64.